The molecular weight excluding hydrogens is 154 g/mol. The van der Waals surface area contributed by atoms with Crippen LogP contribution in [0.3, 0.4) is 0 Å². The summed E-state index contributed by atoms with van der Waals surface area (Å²) in [4.78, 5) is 12.7. The Hall–Kier alpha value is -0.570. The molecule has 0 aliphatic rings. The third-order valence-electron chi connectivity index (χ3n) is 2.57. The molecule has 12 heavy (non-hydrogen) atoms. The van der Waals surface area contributed by atoms with Crippen LogP contribution in [-0.2, 0) is 4.79 Å². The highest BCUT2D eigenvalue weighted by molar-refractivity contribution is 5.70. The maximum absolute atomic E-state index is 10.6. The minimum atomic E-state index is -0.727. The molecule has 0 aromatic rings. The Morgan fingerprint density at radius 3 is 1.92 bits per heavy atom. The van der Waals surface area contributed by atoms with Crippen LogP contribution in [0, 0.1) is 5.92 Å². The molecule has 0 spiro atoms. The van der Waals surface area contributed by atoms with Crippen molar-refractivity contribution in [1.29, 1.82) is 0 Å². The van der Waals surface area contributed by atoms with E-state index >= 15 is 0 Å². The van der Waals surface area contributed by atoms with Crippen molar-refractivity contribution in [3.8, 4) is 0 Å². The predicted octanol–water partition coefficient (Wildman–Crippen LogP) is 1.44. The van der Waals surface area contributed by atoms with E-state index in [1.165, 1.54) is 0 Å². The zero-order valence-electron chi connectivity index (χ0n) is 8.53. The highest BCUT2D eigenvalue weighted by Crippen LogP contribution is 2.11. The van der Waals surface area contributed by atoms with E-state index in [2.05, 4.69) is 18.7 Å². The SMILES string of the molecule is CC(C(=O)O)C(C)N(C)C(C)C. The fraction of sp³-hybridized carbons (Fsp3) is 0.889. The van der Waals surface area contributed by atoms with Gasteiger partial charge < -0.3 is 10.0 Å². The lowest BCUT2D eigenvalue weighted by Crippen LogP contribution is -2.41. The van der Waals surface area contributed by atoms with Crippen molar-refractivity contribution >= 4 is 5.97 Å². The lowest BCUT2D eigenvalue weighted by molar-refractivity contribution is -0.143. The molecule has 0 heterocycles. The van der Waals surface area contributed by atoms with E-state index in [0.29, 0.717) is 6.04 Å². The summed E-state index contributed by atoms with van der Waals surface area (Å²) in [6.45, 7) is 7.81. The van der Waals surface area contributed by atoms with Crippen molar-refractivity contribution in [2.24, 2.45) is 5.92 Å². The molecule has 0 aliphatic carbocycles. The Morgan fingerprint density at radius 2 is 1.67 bits per heavy atom. The fourth-order valence-electron chi connectivity index (χ4n) is 1.03. The monoisotopic (exact) mass is 173 g/mol. The third kappa shape index (κ3) is 2.81. The Bertz CT molecular complexity index is 157. The van der Waals surface area contributed by atoms with E-state index in [0.717, 1.165) is 0 Å². The topological polar surface area (TPSA) is 40.5 Å². The Balaban J connectivity index is 4.18. The minimum absolute atomic E-state index is 0.0856. The average Bonchev–Trinajstić information content (AvgIpc) is 2.00. The van der Waals surface area contributed by atoms with Crippen molar-refractivity contribution in [3.05, 3.63) is 0 Å². The van der Waals surface area contributed by atoms with Crippen LogP contribution in [0.5, 0.6) is 0 Å². The van der Waals surface area contributed by atoms with Gasteiger partial charge in [-0.05, 0) is 27.8 Å². The summed E-state index contributed by atoms with van der Waals surface area (Å²) in [5, 5.41) is 8.76. The molecule has 0 saturated heterocycles. The zero-order chi connectivity index (χ0) is 9.89. The van der Waals surface area contributed by atoms with Crippen LogP contribution in [-0.4, -0.2) is 35.1 Å². The molecule has 0 amide bonds. The lowest BCUT2D eigenvalue weighted by atomic mass is 10.0. The van der Waals surface area contributed by atoms with Crippen molar-refractivity contribution in [3.63, 3.8) is 0 Å². The molecule has 0 rings (SSSR count). The molecular formula is C9H19NO2. The molecule has 2 unspecified atom stereocenters. The Kier molecular flexibility index (Phi) is 4.24. The summed E-state index contributed by atoms with van der Waals surface area (Å²) in [5.74, 6) is -1.03. The van der Waals surface area contributed by atoms with Gasteiger partial charge in [0.15, 0.2) is 0 Å². The second kappa shape index (κ2) is 4.45. The quantitative estimate of drug-likeness (QED) is 0.699. The van der Waals surface area contributed by atoms with Gasteiger partial charge in [-0.25, -0.2) is 0 Å². The van der Waals surface area contributed by atoms with Crippen LogP contribution >= 0.6 is 0 Å². The molecule has 0 radical (unpaired) electrons. The van der Waals surface area contributed by atoms with Crippen molar-refractivity contribution < 1.29 is 9.90 Å². The molecule has 0 bridgehead atoms. The maximum atomic E-state index is 10.6. The minimum Gasteiger partial charge on any atom is -0.481 e. The van der Waals surface area contributed by atoms with Gasteiger partial charge in [0.2, 0.25) is 0 Å². The normalized spacial score (nSPS) is 16.6. The van der Waals surface area contributed by atoms with Gasteiger partial charge in [-0.3, -0.25) is 4.79 Å². The lowest BCUT2D eigenvalue weighted by Gasteiger charge is -2.30. The number of hydrogen-bond acceptors (Lipinski definition) is 2. The third-order valence-corrected chi connectivity index (χ3v) is 2.57. The first-order chi connectivity index (χ1) is 5.37. The summed E-state index contributed by atoms with van der Waals surface area (Å²) in [7, 11) is 1.95. The van der Waals surface area contributed by atoms with E-state index in [1.54, 1.807) is 6.92 Å². The van der Waals surface area contributed by atoms with E-state index in [-0.39, 0.29) is 12.0 Å². The van der Waals surface area contributed by atoms with E-state index in [1.807, 2.05) is 14.0 Å². The fourth-order valence-corrected chi connectivity index (χ4v) is 1.03. The van der Waals surface area contributed by atoms with E-state index in [9.17, 15) is 4.79 Å². The molecule has 0 aromatic heterocycles. The Morgan fingerprint density at radius 1 is 1.25 bits per heavy atom. The number of carboxylic acids is 1. The molecule has 72 valence electrons. The number of aliphatic carboxylic acids is 1. The summed E-state index contributed by atoms with van der Waals surface area (Å²) in [6, 6.07) is 0.476. The number of nitrogens with zero attached hydrogens (tertiary/aromatic N) is 1. The van der Waals surface area contributed by atoms with Crippen LogP contribution < -0.4 is 0 Å². The van der Waals surface area contributed by atoms with Crippen LogP contribution in [0.4, 0.5) is 0 Å². The number of carboxylic acid groups (broad SMARTS) is 1. The smallest absolute Gasteiger partial charge is 0.307 e. The number of rotatable bonds is 4. The molecule has 0 saturated carbocycles. The number of carbonyl (C=O) groups is 1. The van der Waals surface area contributed by atoms with Crippen LogP contribution in [0.1, 0.15) is 27.7 Å². The molecule has 0 aliphatic heterocycles. The van der Waals surface area contributed by atoms with Crippen LogP contribution in [0.2, 0.25) is 0 Å². The first kappa shape index (κ1) is 11.4. The van der Waals surface area contributed by atoms with Gasteiger partial charge in [-0.15, -0.1) is 0 Å². The summed E-state index contributed by atoms with van der Waals surface area (Å²) >= 11 is 0. The molecule has 1 N–H and O–H groups in total. The molecule has 2 atom stereocenters. The van der Waals surface area contributed by atoms with Crippen molar-refractivity contribution in [1.82, 2.24) is 4.90 Å². The molecule has 3 heteroatoms. The highest BCUT2D eigenvalue weighted by atomic mass is 16.4. The van der Waals surface area contributed by atoms with Gasteiger partial charge in [0.05, 0.1) is 5.92 Å². The van der Waals surface area contributed by atoms with Crippen LogP contribution in [0.25, 0.3) is 0 Å². The summed E-state index contributed by atoms with van der Waals surface area (Å²) < 4.78 is 0. The molecule has 0 fully saturated rings. The summed E-state index contributed by atoms with van der Waals surface area (Å²) in [6.07, 6.45) is 0. The van der Waals surface area contributed by atoms with Gasteiger partial charge in [0.25, 0.3) is 0 Å². The first-order valence-electron chi connectivity index (χ1n) is 4.32. The van der Waals surface area contributed by atoms with E-state index in [4.69, 9.17) is 5.11 Å². The molecule has 3 nitrogen and oxygen atoms in total. The highest BCUT2D eigenvalue weighted by Gasteiger charge is 2.23. The van der Waals surface area contributed by atoms with E-state index < -0.39 is 5.97 Å². The van der Waals surface area contributed by atoms with Gasteiger partial charge in [0, 0.05) is 12.1 Å². The Labute approximate surface area is 74.4 Å². The van der Waals surface area contributed by atoms with Gasteiger partial charge in [-0.1, -0.05) is 6.92 Å². The van der Waals surface area contributed by atoms with Crippen molar-refractivity contribution in [2.75, 3.05) is 7.05 Å². The predicted molar refractivity (Wildman–Crippen MR) is 49.2 cm³/mol. The van der Waals surface area contributed by atoms with Gasteiger partial charge in [0.1, 0.15) is 0 Å². The number of hydrogen-bond donors (Lipinski definition) is 1. The second-order valence-electron chi connectivity index (χ2n) is 3.63. The van der Waals surface area contributed by atoms with Crippen LogP contribution in [0.15, 0.2) is 0 Å². The largest absolute Gasteiger partial charge is 0.481 e. The van der Waals surface area contributed by atoms with Gasteiger partial charge in [-0.2, -0.15) is 0 Å². The summed E-state index contributed by atoms with van der Waals surface area (Å²) in [5.41, 5.74) is 0. The standard InChI is InChI=1S/C9H19NO2/c1-6(2)10(5)8(4)7(3)9(11)12/h6-8H,1-5H3,(H,11,12). The van der Waals surface area contributed by atoms with Crippen molar-refractivity contribution in [2.45, 2.75) is 39.8 Å². The van der Waals surface area contributed by atoms with Gasteiger partial charge >= 0.3 is 5.97 Å². The first-order valence-corrected chi connectivity index (χ1v) is 4.32. The maximum Gasteiger partial charge on any atom is 0.307 e. The zero-order valence-corrected chi connectivity index (χ0v) is 8.53. The second-order valence-corrected chi connectivity index (χ2v) is 3.63. The molecule has 0 aromatic carbocycles. The average molecular weight is 173 g/mol.